The Labute approximate surface area is 127 Å². The lowest BCUT2D eigenvalue weighted by atomic mass is 9.97. The minimum atomic E-state index is -0.353. The molecule has 1 aromatic carbocycles. The lowest BCUT2D eigenvalue weighted by Gasteiger charge is -2.32. The molecule has 0 aliphatic carbocycles. The fourth-order valence-electron chi connectivity index (χ4n) is 2.83. The summed E-state index contributed by atoms with van der Waals surface area (Å²) in [6.45, 7) is 4.25. The predicted molar refractivity (Wildman–Crippen MR) is 84.1 cm³/mol. The van der Waals surface area contributed by atoms with Gasteiger partial charge in [0, 0.05) is 18.7 Å². The second kappa shape index (κ2) is 8.25. The number of likely N-dealkylation sites (tertiary alicyclic amines) is 1. The van der Waals surface area contributed by atoms with Crippen LogP contribution in [0.1, 0.15) is 28.8 Å². The monoisotopic (exact) mass is 297 g/mol. The van der Waals surface area contributed by atoms with Crippen molar-refractivity contribution in [2.45, 2.75) is 19.4 Å². The Hall–Kier alpha value is -1.10. The lowest BCUT2D eigenvalue weighted by molar-refractivity contribution is 0.1000. The molecule has 3 N–H and O–H groups in total. The molecule has 0 bridgehead atoms. The molecular weight excluding hydrogens is 274 g/mol. The van der Waals surface area contributed by atoms with Gasteiger partial charge < -0.3 is 11.1 Å². The number of nitrogens with one attached hydrogen (secondary N) is 1. The molecule has 5 heteroatoms. The van der Waals surface area contributed by atoms with E-state index in [1.54, 1.807) is 6.07 Å². The number of hydrogen-bond donors (Lipinski definition) is 2. The Morgan fingerprint density at radius 2 is 2.30 bits per heavy atom. The molecule has 1 atom stereocenters. The molecule has 112 valence electrons. The number of primary amides is 1. The van der Waals surface area contributed by atoms with Crippen molar-refractivity contribution in [3.05, 3.63) is 35.4 Å². The molecule has 4 nitrogen and oxygen atoms in total. The Morgan fingerprint density at radius 1 is 1.50 bits per heavy atom. The number of carbonyl (C=O) groups is 1. The Kier molecular flexibility index (Phi) is 6.99. The summed E-state index contributed by atoms with van der Waals surface area (Å²) in [5, 5.41) is 3.26. The fraction of sp³-hybridized carbons (Fsp3) is 0.533. The number of benzene rings is 1. The van der Waals surface area contributed by atoms with E-state index in [0.717, 1.165) is 32.1 Å². The van der Waals surface area contributed by atoms with Gasteiger partial charge >= 0.3 is 0 Å². The van der Waals surface area contributed by atoms with Crippen LogP contribution >= 0.6 is 12.4 Å². The van der Waals surface area contributed by atoms with E-state index in [-0.39, 0.29) is 18.3 Å². The lowest BCUT2D eigenvalue weighted by Crippen LogP contribution is -2.38. The summed E-state index contributed by atoms with van der Waals surface area (Å²) in [4.78, 5) is 13.6. The van der Waals surface area contributed by atoms with Crippen molar-refractivity contribution in [2.75, 3.05) is 26.7 Å². The maximum Gasteiger partial charge on any atom is 0.248 e. The molecule has 1 aromatic rings. The number of rotatable bonds is 5. The number of nitrogens with two attached hydrogens (primary N) is 1. The molecule has 1 heterocycles. The second-order valence-electron chi connectivity index (χ2n) is 5.37. The molecule has 0 aromatic heterocycles. The summed E-state index contributed by atoms with van der Waals surface area (Å²) < 4.78 is 0. The van der Waals surface area contributed by atoms with E-state index >= 15 is 0 Å². The number of carbonyl (C=O) groups excluding carboxylic acids is 1. The van der Waals surface area contributed by atoms with Crippen molar-refractivity contribution in [1.29, 1.82) is 0 Å². The minimum Gasteiger partial charge on any atom is -0.366 e. The van der Waals surface area contributed by atoms with Crippen molar-refractivity contribution in [3.63, 3.8) is 0 Å². The van der Waals surface area contributed by atoms with Crippen LogP contribution in [0.15, 0.2) is 24.3 Å². The number of halogens is 1. The first kappa shape index (κ1) is 17.0. The topological polar surface area (TPSA) is 58.4 Å². The van der Waals surface area contributed by atoms with E-state index in [9.17, 15) is 4.79 Å². The Balaban J connectivity index is 0.00000200. The Bertz CT molecular complexity index is 437. The van der Waals surface area contributed by atoms with Gasteiger partial charge in [0.25, 0.3) is 0 Å². The van der Waals surface area contributed by atoms with Crippen molar-refractivity contribution in [2.24, 2.45) is 11.7 Å². The van der Waals surface area contributed by atoms with Gasteiger partial charge in [0.2, 0.25) is 5.91 Å². The maximum absolute atomic E-state index is 11.2. The second-order valence-corrected chi connectivity index (χ2v) is 5.37. The van der Waals surface area contributed by atoms with E-state index in [4.69, 9.17) is 5.73 Å². The van der Waals surface area contributed by atoms with Gasteiger partial charge in [-0.25, -0.2) is 0 Å². The first-order valence-electron chi connectivity index (χ1n) is 6.94. The van der Waals surface area contributed by atoms with Gasteiger partial charge in [-0.3, -0.25) is 9.69 Å². The molecular formula is C15H24ClN3O. The average Bonchev–Trinajstić information content (AvgIpc) is 2.40. The molecule has 0 spiro atoms. The SMILES string of the molecule is CNCC1CCCN(Cc2cccc(C(N)=O)c2)C1.Cl. The zero-order valence-corrected chi connectivity index (χ0v) is 12.8. The maximum atomic E-state index is 11.2. The third-order valence-corrected chi connectivity index (χ3v) is 3.71. The molecule has 1 aliphatic heterocycles. The van der Waals surface area contributed by atoms with E-state index < -0.39 is 0 Å². The summed E-state index contributed by atoms with van der Waals surface area (Å²) in [6, 6.07) is 7.65. The summed E-state index contributed by atoms with van der Waals surface area (Å²) in [7, 11) is 2.01. The number of hydrogen-bond acceptors (Lipinski definition) is 3. The highest BCUT2D eigenvalue weighted by atomic mass is 35.5. The van der Waals surface area contributed by atoms with Gasteiger partial charge in [-0.05, 0) is 56.6 Å². The molecule has 1 unspecified atom stereocenters. The summed E-state index contributed by atoms with van der Waals surface area (Å²) in [5.74, 6) is 0.381. The largest absolute Gasteiger partial charge is 0.366 e. The van der Waals surface area contributed by atoms with Crippen molar-refractivity contribution in [1.82, 2.24) is 10.2 Å². The predicted octanol–water partition coefficient (Wildman–Crippen LogP) is 1.64. The van der Waals surface area contributed by atoms with Crippen LogP contribution in [0.2, 0.25) is 0 Å². The van der Waals surface area contributed by atoms with E-state index in [1.165, 1.54) is 18.4 Å². The van der Waals surface area contributed by atoms with Crippen LogP contribution in [0.3, 0.4) is 0 Å². The summed E-state index contributed by atoms with van der Waals surface area (Å²) in [5.41, 5.74) is 7.08. The normalized spacial score (nSPS) is 19.4. The van der Waals surface area contributed by atoms with Gasteiger partial charge in [0.15, 0.2) is 0 Å². The highest BCUT2D eigenvalue weighted by Gasteiger charge is 2.19. The molecule has 1 saturated heterocycles. The standard InChI is InChI=1S/C15H23N3O.ClH/c1-17-9-13-5-3-7-18(11-13)10-12-4-2-6-14(8-12)15(16)19;/h2,4,6,8,13,17H,3,5,7,9-11H2,1H3,(H2,16,19);1H. The van der Waals surface area contributed by atoms with E-state index in [2.05, 4.69) is 16.3 Å². The van der Waals surface area contributed by atoms with Gasteiger partial charge in [-0.2, -0.15) is 0 Å². The van der Waals surface area contributed by atoms with Gasteiger partial charge in [0.05, 0.1) is 0 Å². The van der Waals surface area contributed by atoms with Crippen LogP contribution in [0.25, 0.3) is 0 Å². The third-order valence-electron chi connectivity index (χ3n) is 3.71. The molecule has 20 heavy (non-hydrogen) atoms. The summed E-state index contributed by atoms with van der Waals surface area (Å²) in [6.07, 6.45) is 2.56. The molecule has 2 rings (SSSR count). The van der Waals surface area contributed by atoms with Gasteiger partial charge in [-0.1, -0.05) is 12.1 Å². The van der Waals surface area contributed by atoms with Crippen molar-refractivity contribution < 1.29 is 4.79 Å². The van der Waals surface area contributed by atoms with Crippen LogP contribution in [0, 0.1) is 5.92 Å². The van der Waals surface area contributed by atoms with Crippen LogP contribution in [-0.4, -0.2) is 37.5 Å². The number of piperidine rings is 1. The highest BCUT2D eigenvalue weighted by molar-refractivity contribution is 5.92. The fourth-order valence-corrected chi connectivity index (χ4v) is 2.83. The first-order chi connectivity index (χ1) is 9.19. The van der Waals surface area contributed by atoms with Crippen molar-refractivity contribution in [3.8, 4) is 0 Å². The molecule has 1 amide bonds. The minimum absolute atomic E-state index is 0. The smallest absolute Gasteiger partial charge is 0.248 e. The van der Waals surface area contributed by atoms with Crippen LogP contribution in [0.5, 0.6) is 0 Å². The third kappa shape index (κ3) is 4.78. The molecule has 1 aliphatic rings. The molecule has 0 radical (unpaired) electrons. The number of nitrogens with zero attached hydrogens (tertiary/aromatic N) is 1. The zero-order valence-electron chi connectivity index (χ0n) is 12.0. The van der Waals surface area contributed by atoms with Crippen LogP contribution in [-0.2, 0) is 6.54 Å². The molecule has 0 saturated carbocycles. The Morgan fingerprint density at radius 3 is 3.00 bits per heavy atom. The van der Waals surface area contributed by atoms with Crippen LogP contribution in [0.4, 0.5) is 0 Å². The number of amides is 1. The van der Waals surface area contributed by atoms with E-state index in [1.807, 2.05) is 19.2 Å². The molecule has 1 fully saturated rings. The van der Waals surface area contributed by atoms with E-state index in [0.29, 0.717) is 5.56 Å². The van der Waals surface area contributed by atoms with Gasteiger partial charge in [0.1, 0.15) is 0 Å². The summed E-state index contributed by atoms with van der Waals surface area (Å²) >= 11 is 0. The average molecular weight is 298 g/mol. The van der Waals surface area contributed by atoms with Crippen molar-refractivity contribution >= 4 is 18.3 Å². The quantitative estimate of drug-likeness (QED) is 0.869. The zero-order chi connectivity index (χ0) is 13.7. The highest BCUT2D eigenvalue weighted by Crippen LogP contribution is 2.18. The van der Waals surface area contributed by atoms with Crippen LogP contribution < -0.4 is 11.1 Å². The first-order valence-corrected chi connectivity index (χ1v) is 6.94. The van der Waals surface area contributed by atoms with Gasteiger partial charge in [-0.15, -0.1) is 12.4 Å².